The van der Waals surface area contributed by atoms with Gasteiger partial charge in [0.05, 0.1) is 5.56 Å². The Morgan fingerprint density at radius 2 is 1.84 bits per heavy atom. The summed E-state index contributed by atoms with van der Waals surface area (Å²) in [6.45, 7) is 6.36. The zero-order valence-corrected chi connectivity index (χ0v) is 18.2. The number of halogens is 3. The molecule has 3 aromatic rings. The third-order valence-electron chi connectivity index (χ3n) is 4.48. The van der Waals surface area contributed by atoms with E-state index in [4.69, 9.17) is 0 Å². The van der Waals surface area contributed by atoms with Crippen molar-refractivity contribution in [1.29, 1.82) is 0 Å². The Morgan fingerprint density at radius 1 is 1.13 bits per heavy atom. The quantitative estimate of drug-likeness (QED) is 0.500. The number of carbonyl (C=O) groups excluding carboxylic acids is 1. The van der Waals surface area contributed by atoms with E-state index in [0.717, 1.165) is 17.7 Å². The van der Waals surface area contributed by atoms with E-state index in [2.05, 4.69) is 15.5 Å². The average Bonchev–Trinajstić information content (AvgIpc) is 3.10. The molecular formula is C22H23F3N4OS. The average molecular weight is 449 g/mol. The highest BCUT2D eigenvalue weighted by molar-refractivity contribution is 7.98. The molecule has 0 aliphatic carbocycles. The number of rotatable bonds is 7. The molecule has 1 amide bonds. The molecule has 1 aromatic heterocycles. The highest BCUT2D eigenvalue weighted by Crippen LogP contribution is 2.32. The van der Waals surface area contributed by atoms with Crippen molar-refractivity contribution in [3.05, 3.63) is 71.0 Å². The minimum Gasteiger partial charge on any atom is -0.352 e. The van der Waals surface area contributed by atoms with Crippen molar-refractivity contribution in [3.8, 4) is 5.69 Å². The van der Waals surface area contributed by atoms with Crippen molar-refractivity contribution >= 4 is 17.7 Å². The number of carbonyl (C=O) groups is 1. The summed E-state index contributed by atoms with van der Waals surface area (Å²) >= 11 is 1.37. The van der Waals surface area contributed by atoms with Crippen molar-refractivity contribution in [2.45, 2.75) is 37.9 Å². The summed E-state index contributed by atoms with van der Waals surface area (Å²) in [7, 11) is 0. The number of hydrogen-bond acceptors (Lipinski definition) is 4. The van der Waals surface area contributed by atoms with Crippen LogP contribution in [-0.4, -0.2) is 27.2 Å². The Labute approximate surface area is 183 Å². The summed E-state index contributed by atoms with van der Waals surface area (Å²) in [4.78, 5) is 12.1. The van der Waals surface area contributed by atoms with E-state index in [1.54, 1.807) is 29.7 Å². The van der Waals surface area contributed by atoms with Gasteiger partial charge in [0.2, 0.25) is 0 Å². The minimum absolute atomic E-state index is 0.118. The summed E-state index contributed by atoms with van der Waals surface area (Å²) in [6.07, 6.45) is -4.42. The normalized spacial score (nSPS) is 11.7. The number of aromatic nitrogens is 3. The smallest absolute Gasteiger partial charge is 0.352 e. The first-order valence-electron chi connectivity index (χ1n) is 9.74. The molecule has 0 bridgehead atoms. The lowest BCUT2D eigenvalue weighted by Gasteiger charge is -2.12. The van der Waals surface area contributed by atoms with E-state index in [1.165, 1.54) is 17.8 Å². The van der Waals surface area contributed by atoms with Gasteiger partial charge in [-0.25, -0.2) is 0 Å². The van der Waals surface area contributed by atoms with Gasteiger partial charge in [0.15, 0.2) is 5.16 Å². The van der Waals surface area contributed by atoms with Gasteiger partial charge in [0.1, 0.15) is 5.82 Å². The van der Waals surface area contributed by atoms with Crippen LogP contribution in [-0.2, 0) is 11.9 Å². The SMILES string of the molecule is Cc1nnc(SCc2ccc(C(=O)NCC(C)C)cc2)n1-c1cccc(C(F)(F)F)c1. The van der Waals surface area contributed by atoms with Gasteiger partial charge in [-0.3, -0.25) is 9.36 Å². The zero-order valence-electron chi connectivity index (χ0n) is 17.4. The maximum atomic E-state index is 13.1. The van der Waals surface area contributed by atoms with Gasteiger partial charge in [-0.05, 0) is 48.7 Å². The maximum Gasteiger partial charge on any atom is 0.416 e. The fraction of sp³-hybridized carbons (Fsp3) is 0.318. The predicted octanol–water partition coefficient (Wildman–Crippen LogP) is 5.27. The zero-order chi connectivity index (χ0) is 22.6. The molecule has 2 aromatic carbocycles. The summed E-state index contributed by atoms with van der Waals surface area (Å²) < 4.78 is 40.9. The lowest BCUT2D eigenvalue weighted by Crippen LogP contribution is -2.27. The van der Waals surface area contributed by atoms with E-state index < -0.39 is 11.7 Å². The number of hydrogen-bond donors (Lipinski definition) is 1. The summed E-state index contributed by atoms with van der Waals surface area (Å²) in [5.74, 6) is 1.29. The predicted molar refractivity (Wildman–Crippen MR) is 114 cm³/mol. The monoisotopic (exact) mass is 448 g/mol. The van der Waals surface area contributed by atoms with Crippen LogP contribution in [0, 0.1) is 12.8 Å². The Balaban J connectivity index is 1.72. The summed E-state index contributed by atoms with van der Waals surface area (Å²) in [6, 6.07) is 12.3. The summed E-state index contributed by atoms with van der Waals surface area (Å²) in [5, 5.41) is 11.5. The second kappa shape index (κ2) is 9.55. The summed E-state index contributed by atoms with van der Waals surface area (Å²) in [5.41, 5.74) is 1.18. The van der Waals surface area contributed by atoms with Crippen LogP contribution < -0.4 is 5.32 Å². The standard InChI is InChI=1S/C22H23F3N4OS/c1-14(2)12-26-20(30)17-9-7-16(8-10-17)13-31-21-28-27-15(3)29(21)19-6-4-5-18(11-19)22(23,24)25/h4-11,14H,12-13H2,1-3H3,(H,26,30). The van der Waals surface area contributed by atoms with Crippen molar-refractivity contribution < 1.29 is 18.0 Å². The first-order valence-corrected chi connectivity index (χ1v) is 10.7. The van der Waals surface area contributed by atoms with Crippen LogP contribution in [0.25, 0.3) is 5.69 Å². The van der Waals surface area contributed by atoms with Gasteiger partial charge in [-0.1, -0.05) is 43.8 Å². The molecule has 0 unspecified atom stereocenters. The molecule has 164 valence electrons. The molecule has 9 heteroatoms. The molecule has 0 spiro atoms. The van der Waals surface area contributed by atoms with Crippen LogP contribution in [0.2, 0.25) is 0 Å². The van der Waals surface area contributed by atoms with Crippen molar-refractivity contribution in [2.24, 2.45) is 5.92 Å². The molecule has 0 aliphatic heterocycles. The fourth-order valence-corrected chi connectivity index (χ4v) is 3.81. The van der Waals surface area contributed by atoms with E-state index >= 15 is 0 Å². The first kappa shape index (κ1) is 22.9. The third kappa shape index (κ3) is 5.88. The number of nitrogens with zero attached hydrogens (tertiary/aromatic N) is 3. The fourth-order valence-electron chi connectivity index (χ4n) is 2.85. The molecule has 0 fully saturated rings. The number of benzene rings is 2. The molecule has 3 rings (SSSR count). The number of nitrogens with one attached hydrogen (secondary N) is 1. The number of thioether (sulfide) groups is 1. The number of amides is 1. The van der Waals surface area contributed by atoms with Crippen LogP contribution in [0.15, 0.2) is 53.7 Å². The molecule has 5 nitrogen and oxygen atoms in total. The van der Waals surface area contributed by atoms with Crippen molar-refractivity contribution in [3.63, 3.8) is 0 Å². The van der Waals surface area contributed by atoms with Gasteiger partial charge in [-0.15, -0.1) is 10.2 Å². The largest absolute Gasteiger partial charge is 0.416 e. The molecule has 1 N–H and O–H groups in total. The minimum atomic E-state index is -4.42. The van der Waals surface area contributed by atoms with Crippen LogP contribution in [0.3, 0.4) is 0 Å². The van der Waals surface area contributed by atoms with Crippen LogP contribution in [0.1, 0.15) is 41.2 Å². The topological polar surface area (TPSA) is 59.8 Å². The van der Waals surface area contributed by atoms with Crippen LogP contribution in [0.4, 0.5) is 13.2 Å². The second-order valence-corrected chi connectivity index (χ2v) is 8.45. The molecule has 31 heavy (non-hydrogen) atoms. The Bertz CT molecular complexity index is 1050. The van der Waals surface area contributed by atoms with E-state index in [1.807, 2.05) is 26.0 Å². The first-order chi connectivity index (χ1) is 14.6. The van der Waals surface area contributed by atoms with E-state index in [0.29, 0.717) is 40.4 Å². The van der Waals surface area contributed by atoms with E-state index in [-0.39, 0.29) is 5.91 Å². The maximum absolute atomic E-state index is 13.1. The van der Waals surface area contributed by atoms with Crippen LogP contribution >= 0.6 is 11.8 Å². The van der Waals surface area contributed by atoms with Gasteiger partial charge in [0, 0.05) is 23.5 Å². The highest BCUT2D eigenvalue weighted by Gasteiger charge is 2.30. The molecule has 0 aliphatic rings. The lowest BCUT2D eigenvalue weighted by molar-refractivity contribution is -0.137. The molecule has 0 saturated heterocycles. The highest BCUT2D eigenvalue weighted by atomic mass is 32.2. The van der Waals surface area contributed by atoms with Crippen molar-refractivity contribution in [2.75, 3.05) is 6.54 Å². The van der Waals surface area contributed by atoms with Gasteiger partial charge in [-0.2, -0.15) is 13.2 Å². The number of alkyl halides is 3. The lowest BCUT2D eigenvalue weighted by atomic mass is 10.1. The second-order valence-electron chi connectivity index (χ2n) is 7.50. The molecule has 0 radical (unpaired) electrons. The molecule has 0 atom stereocenters. The van der Waals surface area contributed by atoms with Crippen LogP contribution in [0.5, 0.6) is 0 Å². The van der Waals surface area contributed by atoms with Gasteiger partial charge >= 0.3 is 6.18 Å². The molecule has 0 saturated carbocycles. The Morgan fingerprint density at radius 3 is 2.48 bits per heavy atom. The van der Waals surface area contributed by atoms with Gasteiger partial charge < -0.3 is 5.32 Å². The van der Waals surface area contributed by atoms with Gasteiger partial charge in [0.25, 0.3) is 5.91 Å². The molecule has 1 heterocycles. The Kier molecular flexibility index (Phi) is 7.04. The number of aryl methyl sites for hydroxylation is 1. The van der Waals surface area contributed by atoms with Crippen molar-refractivity contribution in [1.82, 2.24) is 20.1 Å². The van der Waals surface area contributed by atoms with E-state index in [9.17, 15) is 18.0 Å². The molecular weight excluding hydrogens is 425 g/mol. The Hall–Kier alpha value is -2.81. The third-order valence-corrected chi connectivity index (χ3v) is 5.48.